The van der Waals surface area contributed by atoms with Crippen LogP contribution in [0.3, 0.4) is 0 Å². The zero-order chi connectivity index (χ0) is 14.0. The molecule has 2 rings (SSSR count). The smallest absolute Gasteiger partial charge is 0.308 e. The first-order valence-electron chi connectivity index (χ1n) is 6.57. The highest BCUT2D eigenvalue weighted by molar-refractivity contribution is 5.77. The lowest BCUT2D eigenvalue weighted by Crippen LogP contribution is -2.16. The summed E-state index contributed by atoms with van der Waals surface area (Å²) >= 11 is 0. The maximum absolute atomic E-state index is 11.0. The van der Waals surface area contributed by atoms with Crippen molar-refractivity contribution < 1.29 is 9.53 Å². The van der Waals surface area contributed by atoms with Gasteiger partial charge in [0, 0.05) is 6.92 Å². The molecule has 0 aliphatic heterocycles. The third-order valence-corrected chi connectivity index (χ3v) is 3.45. The summed E-state index contributed by atoms with van der Waals surface area (Å²) in [5, 5.41) is 0. The number of rotatable bonds is 2. The molecule has 0 atom stereocenters. The van der Waals surface area contributed by atoms with E-state index in [1.54, 1.807) is 0 Å². The van der Waals surface area contributed by atoms with Crippen LogP contribution in [0, 0.1) is 5.41 Å². The molecule has 0 aromatic heterocycles. The molecule has 0 fully saturated rings. The van der Waals surface area contributed by atoms with Crippen LogP contribution in [-0.2, 0) is 4.79 Å². The molecule has 0 amide bonds. The van der Waals surface area contributed by atoms with Crippen LogP contribution in [0.4, 0.5) is 0 Å². The molecule has 1 aromatic rings. The summed E-state index contributed by atoms with van der Waals surface area (Å²) in [6.45, 7) is 8.04. The first-order chi connectivity index (χ1) is 8.90. The summed E-state index contributed by atoms with van der Waals surface area (Å²) in [7, 11) is 0. The number of hydrogen-bond acceptors (Lipinski definition) is 2. The molecule has 100 valence electrons. The Labute approximate surface area is 114 Å². The van der Waals surface area contributed by atoms with E-state index < -0.39 is 0 Å². The van der Waals surface area contributed by atoms with E-state index in [1.807, 2.05) is 18.2 Å². The third kappa shape index (κ3) is 2.95. The summed E-state index contributed by atoms with van der Waals surface area (Å²) in [6.07, 6.45) is 5.41. The normalized spacial score (nSPS) is 17.5. The van der Waals surface area contributed by atoms with Crippen molar-refractivity contribution in [2.75, 3.05) is 0 Å². The van der Waals surface area contributed by atoms with Crippen molar-refractivity contribution in [2.24, 2.45) is 5.41 Å². The Hall–Kier alpha value is -1.83. The summed E-state index contributed by atoms with van der Waals surface area (Å²) < 4.78 is 5.17. The van der Waals surface area contributed by atoms with Gasteiger partial charge in [-0.2, -0.15) is 0 Å². The number of carbonyl (C=O) groups excluding carboxylic acids is 1. The van der Waals surface area contributed by atoms with Gasteiger partial charge in [0.05, 0.1) is 0 Å². The zero-order valence-electron chi connectivity index (χ0n) is 12.0. The van der Waals surface area contributed by atoms with Crippen LogP contribution >= 0.6 is 0 Å². The van der Waals surface area contributed by atoms with E-state index in [1.165, 1.54) is 18.1 Å². The lowest BCUT2D eigenvalue weighted by Gasteiger charge is -2.32. The Morgan fingerprint density at radius 3 is 2.68 bits per heavy atom. The van der Waals surface area contributed by atoms with Crippen LogP contribution in [0.25, 0.3) is 5.57 Å². The quantitative estimate of drug-likeness (QED) is 0.580. The van der Waals surface area contributed by atoms with E-state index in [-0.39, 0.29) is 11.4 Å². The Morgan fingerprint density at radius 2 is 2.05 bits per heavy atom. The molecule has 1 aliphatic carbocycles. The second-order valence-electron chi connectivity index (χ2n) is 5.67. The Bertz CT molecular complexity index is 562. The second kappa shape index (κ2) is 5.04. The van der Waals surface area contributed by atoms with Crippen molar-refractivity contribution >= 4 is 11.5 Å². The first kappa shape index (κ1) is 13.6. The van der Waals surface area contributed by atoms with Gasteiger partial charge >= 0.3 is 5.97 Å². The van der Waals surface area contributed by atoms with E-state index >= 15 is 0 Å². The lowest BCUT2D eigenvalue weighted by molar-refractivity contribution is -0.131. The number of esters is 1. The highest BCUT2D eigenvalue weighted by Crippen LogP contribution is 2.43. The van der Waals surface area contributed by atoms with Gasteiger partial charge in [-0.25, -0.2) is 0 Å². The van der Waals surface area contributed by atoms with Gasteiger partial charge in [-0.15, -0.1) is 0 Å². The molecular formula is C17H20O2. The summed E-state index contributed by atoms with van der Waals surface area (Å²) in [5.41, 5.74) is 3.83. The summed E-state index contributed by atoms with van der Waals surface area (Å²) in [4.78, 5) is 11.0. The first-order valence-corrected chi connectivity index (χ1v) is 6.57. The SMILES string of the molecule is CC(=O)Oc1cccc(C2=C(C)C=CCC2(C)C)c1. The van der Waals surface area contributed by atoms with Gasteiger partial charge < -0.3 is 4.74 Å². The predicted octanol–water partition coefficient (Wildman–Crippen LogP) is 4.37. The van der Waals surface area contributed by atoms with Crippen LogP contribution in [0.15, 0.2) is 42.0 Å². The Kier molecular flexibility index (Phi) is 3.61. The average molecular weight is 256 g/mol. The minimum absolute atomic E-state index is 0.105. The molecule has 1 aromatic carbocycles. The van der Waals surface area contributed by atoms with Crippen LogP contribution in [0.5, 0.6) is 5.75 Å². The van der Waals surface area contributed by atoms with Gasteiger partial charge in [0.1, 0.15) is 5.75 Å². The molecule has 0 saturated carbocycles. The van der Waals surface area contributed by atoms with Crippen LogP contribution in [0.2, 0.25) is 0 Å². The Morgan fingerprint density at radius 1 is 1.32 bits per heavy atom. The predicted molar refractivity (Wildman–Crippen MR) is 77.9 cm³/mol. The van der Waals surface area contributed by atoms with Crippen molar-refractivity contribution in [1.82, 2.24) is 0 Å². The number of allylic oxidation sites excluding steroid dienone is 4. The minimum Gasteiger partial charge on any atom is -0.427 e. The van der Waals surface area contributed by atoms with Crippen molar-refractivity contribution in [3.05, 3.63) is 47.6 Å². The van der Waals surface area contributed by atoms with Gasteiger partial charge in [0.25, 0.3) is 0 Å². The standard InChI is InChI=1S/C17H20O2/c1-12-7-6-10-17(3,4)16(12)14-8-5-9-15(11-14)19-13(2)18/h5-9,11H,10H2,1-4H3. The monoisotopic (exact) mass is 256 g/mol. The van der Waals surface area contributed by atoms with Gasteiger partial charge in [-0.3, -0.25) is 4.79 Å². The van der Waals surface area contributed by atoms with Crippen LogP contribution < -0.4 is 4.74 Å². The van der Waals surface area contributed by atoms with Crippen molar-refractivity contribution in [1.29, 1.82) is 0 Å². The van der Waals surface area contributed by atoms with Gasteiger partial charge in [0.2, 0.25) is 0 Å². The third-order valence-electron chi connectivity index (χ3n) is 3.45. The zero-order valence-corrected chi connectivity index (χ0v) is 12.0. The molecule has 0 spiro atoms. The number of carbonyl (C=O) groups is 1. The van der Waals surface area contributed by atoms with Gasteiger partial charge in [-0.1, -0.05) is 38.1 Å². The molecule has 19 heavy (non-hydrogen) atoms. The number of ether oxygens (including phenoxy) is 1. The van der Waals surface area contributed by atoms with E-state index in [0.29, 0.717) is 5.75 Å². The number of hydrogen-bond donors (Lipinski definition) is 0. The fourth-order valence-corrected chi connectivity index (χ4v) is 2.75. The number of benzene rings is 1. The lowest BCUT2D eigenvalue weighted by atomic mass is 9.73. The van der Waals surface area contributed by atoms with Crippen molar-refractivity contribution in [2.45, 2.75) is 34.1 Å². The van der Waals surface area contributed by atoms with Crippen LogP contribution in [0.1, 0.15) is 39.7 Å². The Balaban J connectivity index is 2.46. The molecule has 0 heterocycles. The molecule has 1 aliphatic rings. The molecule has 0 bridgehead atoms. The largest absolute Gasteiger partial charge is 0.427 e. The molecule has 2 heteroatoms. The fourth-order valence-electron chi connectivity index (χ4n) is 2.75. The molecule has 0 radical (unpaired) electrons. The van der Waals surface area contributed by atoms with Gasteiger partial charge in [0.15, 0.2) is 0 Å². The highest BCUT2D eigenvalue weighted by Gasteiger charge is 2.27. The maximum Gasteiger partial charge on any atom is 0.308 e. The molecule has 0 unspecified atom stereocenters. The summed E-state index contributed by atoms with van der Waals surface area (Å²) in [6, 6.07) is 7.77. The van der Waals surface area contributed by atoms with Crippen molar-refractivity contribution in [3.63, 3.8) is 0 Å². The molecule has 0 N–H and O–H groups in total. The molecule has 0 saturated heterocycles. The average Bonchev–Trinajstić information content (AvgIpc) is 2.27. The van der Waals surface area contributed by atoms with Crippen LogP contribution in [-0.4, -0.2) is 5.97 Å². The van der Waals surface area contributed by atoms with E-state index in [9.17, 15) is 4.79 Å². The minimum atomic E-state index is -0.286. The van der Waals surface area contributed by atoms with E-state index in [0.717, 1.165) is 12.0 Å². The molecule has 2 nitrogen and oxygen atoms in total. The second-order valence-corrected chi connectivity index (χ2v) is 5.67. The maximum atomic E-state index is 11.0. The van der Waals surface area contributed by atoms with E-state index in [2.05, 4.69) is 39.0 Å². The van der Waals surface area contributed by atoms with Crippen molar-refractivity contribution in [3.8, 4) is 5.75 Å². The summed E-state index contributed by atoms with van der Waals surface area (Å²) in [5.74, 6) is 0.321. The molecular weight excluding hydrogens is 236 g/mol. The highest BCUT2D eigenvalue weighted by atomic mass is 16.5. The van der Waals surface area contributed by atoms with E-state index in [4.69, 9.17) is 4.74 Å². The van der Waals surface area contributed by atoms with Gasteiger partial charge in [-0.05, 0) is 47.6 Å². The fraction of sp³-hybridized carbons (Fsp3) is 0.353. The topological polar surface area (TPSA) is 26.3 Å².